The van der Waals surface area contributed by atoms with Crippen molar-refractivity contribution < 1.29 is 4.74 Å². The summed E-state index contributed by atoms with van der Waals surface area (Å²) in [6.07, 6.45) is -0.0926. The van der Waals surface area contributed by atoms with E-state index in [9.17, 15) is 0 Å². The van der Waals surface area contributed by atoms with Crippen LogP contribution >= 0.6 is 0 Å². The molecule has 42 valence electrons. The molecule has 0 aliphatic rings. The van der Waals surface area contributed by atoms with E-state index in [4.69, 9.17) is 4.74 Å². The number of nitrogens with zero attached hydrogens (tertiary/aromatic N) is 2. The van der Waals surface area contributed by atoms with Crippen LogP contribution in [0, 0.1) is 0 Å². The quantitative estimate of drug-likeness (QED) is 0.480. The third-order valence-corrected chi connectivity index (χ3v) is 0.619. The van der Waals surface area contributed by atoms with Crippen LogP contribution < -0.4 is 0 Å². The molecule has 0 saturated carbocycles. The summed E-state index contributed by atoms with van der Waals surface area (Å²) in [5.41, 5.74) is 0. The molecule has 0 bridgehead atoms. The average molecular weight is 102 g/mol. The van der Waals surface area contributed by atoms with E-state index >= 15 is 0 Å². The van der Waals surface area contributed by atoms with Gasteiger partial charge in [0.25, 0.3) is 0 Å². The van der Waals surface area contributed by atoms with Crippen molar-refractivity contribution in [3.63, 3.8) is 0 Å². The zero-order valence-corrected chi connectivity index (χ0v) is 4.88. The highest BCUT2D eigenvalue weighted by molar-refractivity contribution is 4.33. The Labute approximate surface area is 43.4 Å². The first kappa shape index (κ1) is 6.56. The fourth-order valence-electron chi connectivity index (χ4n) is 0.210. The van der Waals surface area contributed by atoms with Gasteiger partial charge in [-0.05, 0) is 6.92 Å². The molecule has 0 saturated heterocycles. The summed E-state index contributed by atoms with van der Waals surface area (Å²) in [5.74, 6) is 0. The van der Waals surface area contributed by atoms with Crippen LogP contribution in [0.5, 0.6) is 0 Å². The molecule has 0 radical (unpaired) electrons. The first-order chi connectivity index (χ1) is 3.31. The Morgan fingerprint density at radius 1 is 1.57 bits per heavy atom. The molecule has 7 heavy (non-hydrogen) atoms. The second-order valence-electron chi connectivity index (χ2n) is 1.15. The highest BCUT2D eigenvalue weighted by Gasteiger charge is 1.88. The number of rotatable bonds is 2. The Kier molecular flexibility index (Phi) is 3.50. The van der Waals surface area contributed by atoms with Gasteiger partial charge in [0.05, 0.1) is 0 Å². The van der Waals surface area contributed by atoms with Crippen LogP contribution in [-0.2, 0) is 4.74 Å². The van der Waals surface area contributed by atoms with Crippen molar-refractivity contribution >= 4 is 0 Å². The molecule has 0 heterocycles. The topological polar surface area (TPSA) is 34.0 Å². The summed E-state index contributed by atoms with van der Waals surface area (Å²) in [6, 6.07) is 0. The SMILES string of the molecule is C/N=N\C(C)OC. The van der Waals surface area contributed by atoms with E-state index in [1.165, 1.54) is 0 Å². The lowest BCUT2D eigenvalue weighted by Gasteiger charge is -1.96. The van der Waals surface area contributed by atoms with Gasteiger partial charge in [-0.15, -0.1) is 0 Å². The molecular formula is C4H10N2O. The van der Waals surface area contributed by atoms with Crippen LogP contribution in [0.25, 0.3) is 0 Å². The van der Waals surface area contributed by atoms with Crippen LogP contribution in [0.4, 0.5) is 0 Å². The summed E-state index contributed by atoms with van der Waals surface area (Å²) in [5, 5.41) is 7.15. The normalized spacial score (nSPS) is 15.3. The van der Waals surface area contributed by atoms with Crippen molar-refractivity contribution in [2.75, 3.05) is 14.2 Å². The average Bonchev–Trinajstić information content (AvgIpc) is 1.68. The van der Waals surface area contributed by atoms with Crippen molar-refractivity contribution in [3.8, 4) is 0 Å². The molecule has 3 heteroatoms. The number of ether oxygens (including phenoxy) is 1. The van der Waals surface area contributed by atoms with Gasteiger partial charge in [-0.2, -0.15) is 10.2 Å². The summed E-state index contributed by atoms with van der Waals surface area (Å²) in [7, 11) is 3.22. The van der Waals surface area contributed by atoms with Gasteiger partial charge in [-0.3, -0.25) is 0 Å². The number of hydrogen-bond acceptors (Lipinski definition) is 3. The largest absolute Gasteiger partial charge is 0.358 e. The number of azo groups is 1. The van der Waals surface area contributed by atoms with Crippen LogP contribution in [0.2, 0.25) is 0 Å². The third-order valence-electron chi connectivity index (χ3n) is 0.619. The molecule has 1 atom stereocenters. The predicted octanol–water partition coefficient (Wildman–Crippen LogP) is 1.06. The molecule has 0 aromatic rings. The van der Waals surface area contributed by atoms with E-state index in [0.717, 1.165) is 0 Å². The van der Waals surface area contributed by atoms with Crippen molar-refractivity contribution in [1.29, 1.82) is 0 Å². The van der Waals surface area contributed by atoms with Gasteiger partial charge in [-0.1, -0.05) is 0 Å². The van der Waals surface area contributed by atoms with Crippen molar-refractivity contribution in [3.05, 3.63) is 0 Å². The molecule has 0 aromatic carbocycles. The zero-order chi connectivity index (χ0) is 5.70. The standard InChI is InChI=1S/C4H10N2O/c1-4(7-3)6-5-2/h4H,1-3H3/b6-5-. The summed E-state index contributed by atoms with van der Waals surface area (Å²) < 4.78 is 4.73. The first-order valence-corrected chi connectivity index (χ1v) is 2.13. The first-order valence-electron chi connectivity index (χ1n) is 2.13. The van der Waals surface area contributed by atoms with Crippen molar-refractivity contribution in [2.24, 2.45) is 10.2 Å². The Bertz CT molecular complexity index is 62.7. The van der Waals surface area contributed by atoms with Gasteiger partial charge in [0.2, 0.25) is 0 Å². The molecule has 0 spiro atoms. The molecular weight excluding hydrogens is 92.1 g/mol. The lowest BCUT2D eigenvalue weighted by Crippen LogP contribution is -1.97. The molecule has 0 aliphatic heterocycles. The minimum atomic E-state index is -0.0926. The van der Waals surface area contributed by atoms with Gasteiger partial charge in [0, 0.05) is 14.2 Å². The van der Waals surface area contributed by atoms with E-state index in [0.29, 0.717) is 0 Å². The van der Waals surface area contributed by atoms with Crippen molar-refractivity contribution in [2.45, 2.75) is 13.2 Å². The van der Waals surface area contributed by atoms with E-state index in [2.05, 4.69) is 10.2 Å². The maximum absolute atomic E-state index is 4.73. The number of hydrogen-bond donors (Lipinski definition) is 0. The molecule has 0 fully saturated rings. The molecule has 0 N–H and O–H groups in total. The van der Waals surface area contributed by atoms with Gasteiger partial charge in [0.15, 0.2) is 6.23 Å². The molecule has 1 unspecified atom stereocenters. The fourth-order valence-corrected chi connectivity index (χ4v) is 0.210. The third kappa shape index (κ3) is 3.39. The van der Waals surface area contributed by atoms with Gasteiger partial charge in [0.1, 0.15) is 0 Å². The van der Waals surface area contributed by atoms with Crippen LogP contribution in [0.15, 0.2) is 10.2 Å². The van der Waals surface area contributed by atoms with E-state index in [1.807, 2.05) is 6.92 Å². The molecule has 0 aliphatic carbocycles. The van der Waals surface area contributed by atoms with Gasteiger partial charge in [-0.25, -0.2) is 0 Å². The van der Waals surface area contributed by atoms with Gasteiger partial charge < -0.3 is 4.74 Å². The van der Waals surface area contributed by atoms with Crippen LogP contribution in [-0.4, -0.2) is 20.4 Å². The van der Waals surface area contributed by atoms with Crippen LogP contribution in [0.3, 0.4) is 0 Å². The summed E-state index contributed by atoms with van der Waals surface area (Å²) >= 11 is 0. The minimum absolute atomic E-state index is 0.0926. The van der Waals surface area contributed by atoms with Crippen LogP contribution in [0.1, 0.15) is 6.92 Å². The Morgan fingerprint density at radius 2 is 2.14 bits per heavy atom. The molecule has 0 aromatic heterocycles. The summed E-state index contributed by atoms with van der Waals surface area (Å²) in [6.45, 7) is 1.83. The minimum Gasteiger partial charge on any atom is -0.358 e. The van der Waals surface area contributed by atoms with E-state index < -0.39 is 0 Å². The maximum atomic E-state index is 4.73. The predicted molar refractivity (Wildman–Crippen MR) is 27.3 cm³/mol. The van der Waals surface area contributed by atoms with E-state index in [-0.39, 0.29) is 6.23 Å². The smallest absolute Gasteiger partial charge is 0.165 e. The maximum Gasteiger partial charge on any atom is 0.165 e. The van der Waals surface area contributed by atoms with Crippen molar-refractivity contribution in [1.82, 2.24) is 0 Å². The van der Waals surface area contributed by atoms with Gasteiger partial charge >= 0.3 is 0 Å². The molecule has 0 rings (SSSR count). The zero-order valence-electron chi connectivity index (χ0n) is 4.88. The highest BCUT2D eigenvalue weighted by atomic mass is 16.5. The fraction of sp³-hybridized carbons (Fsp3) is 1.00. The Balaban J connectivity index is 3.16. The Morgan fingerprint density at radius 3 is 2.29 bits per heavy atom. The highest BCUT2D eigenvalue weighted by Crippen LogP contribution is 1.87. The molecule has 3 nitrogen and oxygen atoms in total. The second kappa shape index (κ2) is 3.74. The number of methoxy groups -OCH3 is 1. The Hall–Kier alpha value is -0.440. The summed E-state index contributed by atoms with van der Waals surface area (Å²) in [4.78, 5) is 0. The lowest BCUT2D eigenvalue weighted by atomic mass is 10.7. The monoisotopic (exact) mass is 102 g/mol. The van der Waals surface area contributed by atoms with E-state index in [1.54, 1.807) is 14.2 Å². The second-order valence-corrected chi connectivity index (χ2v) is 1.15. The lowest BCUT2D eigenvalue weighted by molar-refractivity contribution is 0.120. The molecule has 0 amide bonds.